The van der Waals surface area contributed by atoms with Crippen LogP contribution in [-0.4, -0.2) is 38.4 Å². The minimum Gasteiger partial charge on any atom is -0.490 e. The highest BCUT2D eigenvalue weighted by molar-refractivity contribution is 7.92. The highest BCUT2D eigenvalue weighted by Gasteiger charge is 2.62. The van der Waals surface area contributed by atoms with Gasteiger partial charge in [0.1, 0.15) is 5.75 Å². The molecule has 0 radical (unpaired) electrons. The van der Waals surface area contributed by atoms with Crippen molar-refractivity contribution >= 4 is 21.6 Å². The lowest BCUT2D eigenvalue weighted by molar-refractivity contribution is -0.164. The van der Waals surface area contributed by atoms with Crippen molar-refractivity contribution in [3.8, 4) is 5.75 Å². The van der Waals surface area contributed by atoms with Crippen molar-refractivity contribution in [2.75, 3.05) is 11.8 Å². The molecule has 2 aromatic rings. The summed E-state index contributed by atoms with van der Waals surface area (Å²) in [6.07, 6.45) is 7.59. The Hall–Kier alpha value is -2.54. The van der Waals surface area contributed by atoms with Gasteiger partial charge < -0.3 is 9.64 Å². The number of aryl methyl sites for hydroxylation is 1. The van der Waals surface area contributed by atoms with Gasteiger partial charge >= 0.3 is 0 Å². The standard InChI is InChI=1S/C33H44N2O4S/c1-21-6-12-26(13-7-21)40(37,38)34-23-8-10-24(11-9-23)39-25-19-28-31-22(2)18-29-33(4,17-15-30(36)35(29)5)27(31)14-16-32(28,3)20-25/h6-13,22,25,27-29,31,34H,14-20H2,1-5H3/t22-,25-,27-,28-,29+,31+,32+,33+/m0/s1. The number of carbonyl (C=O) groups excluding carboxylic acids is 1. The van der Waals surface area contributed by atoms with Gasteiger partial charge in [0.2, 0.25) is 5.91 Å². The molecule has 1 amide bonds. The fourth-order valence-corrected chi connectivity index (χ4v) is 10.3. The van der Waals surface area contributed by atoms with Gasteiger partial charge in [-0.25, -0.2) is 8.42 Å². The molecular weight excluding hydrogens is 520 g/mol. The lowest BCUT2D eigenvalue weighted by Gasteiger charge is -2.63. The molecule has 6 nitrogen and oxygen atoms in total. The lowest BCUT2D eigenvalue weighted by Crippen LogP contribution is -2.62. The number of hydrogen-bond donors (Lipinski definition) is 1. The van der Waals surface area contributed by atoms with Gasteiger partial charge in [0.15, 0.2) is 0 Å². The number of nitrogens with zero attached hydrogens (tertiary/aromatic N) is 1. The molecule has 1 aliphatic heterocycles. The zero-order chi connectivity index (χ0) is 28.4. The largest absolute Gasteiger partial charge is 0.490 e. The maximum absolute atomic E-state index is 12.8. The molecule has 4 fully saturated rings. The van der Waals surface area contributed by atoms with Crippen LogP contribution in [0.2, 0.25) is 0 Å². The lowest BCUT2D eigenvalue weighted by atomic mass is 9.45. The second kappa shape index (κ2) is 9.78. The SMILES string of the molecule is Cc1ccc(S(=O)(=O)Nc2ccc(O[C@H]3C[C@H]4[C@@H]5[C@@H](C)C[C@H]6N(C)C(=O)CC[C@]6(C)[C@H]5CC[C@]4(C)C3)cc2)cc1. The van der Waals surface area contributed by atoms with E-state index in [1.54, 1.807) is 36.4 Å². The summed E-state index contributed by atoms with van der Waals surface area (Å²) in [5.74, 6) is 3.67. The summed E-state index contributed by atoms with van der Waals surface area (Å²) >= 11 is 0. The van der Waals surface area contributed by atoms with E-state index in [2.05, 4.69) is 30.4 Å². The van der Waals surface area contributed by atoms with Crippen LogP contribution in [0.1, 0.15) is 71.3 Å². The fourth-order valence-electron chi connectivity index (χ4n) is 9.27. The van der Waals surface area contributed by atoms with E-state index in [1.165, 1.54) is 12.8 Å². The summed E-state index contributed by atoms with van der Waals surface area (Å²) in [6, 6.07) is 14.5. The van der Waals surface area contributed by atoms with Crippen LogP contribution in [0.4, 0.5) is 5.69 Å². The summed E-state index contributed by atoms with van der Waals surface area (Å²) in [6.45, 7) is 9.33. The van der Waals surface area contributed by atoms with Crippen molar-refractivity contribution in [1.82, 2.24) is 4.90 Å². The zero-order valence-electron chi connectivity index (χ0n) is 24.5. The van der Waals surface area contributed by atoms with E-state index in [4.69, 9.17) is 4.74 Å². The highest BCUT2D eigenvalue weighted by Crippen LogP contribution is 2.66. The number of carbonyl (C=O) groups is 1. The molecule has 216 valence electrons. The van der Waals surface area contributed by atoms with Gasteiger partial charge in [0.25, 0.3) is 10.0 Å². The van der Waals surface area contributed by atoms with Crippen LogP contribution in [0.25, 0.3) is 0 Å². The molecule has 1 N–H and O–H groups in total. The topological polar surface area (TPSA) is 75.7 Å². The first-order valence-corrected chi connectivity index (χ1v) is 16.5. The van der Waals surface area contributed by atoms with E-state index in [1.807, 2.05) is 26.1 Å². The number of sulfonamides is 1. The van der Waals surface area contributed by atoms with E-state index in [9.17, 15) is 13.2 Å². The molecule has 1 saturated heterocycles. The molecule has 0 spiro atoms. The third kappa shape index (κ3) is 4.62. The van der Waals surface area contributed by atoms with E-state index < -0.39 is 10.0 Å². The summed E-state index contributed by atoms with van der Waals surface area (Å²) in [7, 11) is -1.61. The predicted octanol–water partition coefficient (Wildman–Crippen LogP) is 6.65. The molecule has 3 saturated carbocycles. The van der Waals surface area contributed by atoms with Crippen LogP contribution < -0.4 is 9.46 Å². The fraction of sp³-hybridized carbons (Fsp3) is 0.606. The molecular formula is C33H44N2O4S. The van der Waals surface area contributed by atoms with Crippen molar-refractivity contribution in [3.05, 3.63) is 54.1 Å². The van der Waals surface area contributed by atoms with Gasteiger partial charge in [-0.1, -0.05) is 38.5 Å². The quantitative estimate of drug-likeness (QED) is 0.441. The molecule has 2 aromatic carbocycles. The first-order valence-electron chi connectivity index (χ1n) is 15.0. The first kappa shape index (κ1) is 27.6. The third-order valence-corrected chi connectivity index (χ3v) is 12.8. The molecule has 40 heavy (non-hydrogen) atoms. The van der Waals surface area contributed by atoms with Crippen LogP contribution in [0.3, 0.4) is 0 Å². The van der Waals surface area contributed by atoms with Gasteiger partial charge in [-0.2, -0.15) is 0 Å². The molecule has 7 heteroatoms. The van der Waals surface area contributed by atoms with Crippen LogP contribution in [-0.2, 0) is 14.8 Å². The van der Waals surface area contributed by atoms with Gasteiger partial charge in [-0.3, -0.25) is 9.52 Å². The van der Waals surface area contributed by atoms with Crippen LogP contribution in [0.5, 0.6) is 5.75 Å². The van der Waals surface area contributed by atoms with Gasteiger partial charge in [-0.05, 0) is 116 Å². The minimum atomic E-state index is -3.64. The van der Waals surface area contributed by atoms with Crippen molar-refractivity contribution in [3.63, 3.8) is 0 Å². The summed E-state index contributed by atoms with van der Waals surface area (Å²) in [5, 5.41) is 0. The Morgan fingerprint density at radius 2 is 1.68 bits per heavy atom. The number of nitrogens with one attached hydrogen (secondary N) is 1. The molecule has 0 unspecified atom stereocenters. The summed E-state index contributed by atoms with van der Waals surface area (Å²) in [4.78, 5) is 14.9. The second-order valence-electron chi connectivity index (χ2n) is 13.8. The Kier molecular flexibility index (Phi) is 6.75. The van der Waals surface area contributed by atoms with Gasteiger partial charge in [0, 0.05) is 25.2 Å². The Balaban J connectivity index is 1.14. The second-order valence-corrected chi connectivity index (χ2v) is 15.5. The monoisotopic (exact) mass is 564 g/mol. The van der Waals surface area contributed by atoms with Gasteiger partial charge in [0.05, 0.1) is 11.0 Å². The Bertz CT molecular complexity index is 1370. The maximum atomic E-state index is 12.8. The molecule has 3 aliphatic carbocycles. The average molecular weight is 565 g/mol. The van der Waals surface area contributed by atoms with Gasteiger partial charge in [-0.15, -0.1) is 0 Å². The molecule has 6 rings (SSSR count). The number of rotatable bonds is 5. The van der Waals surface area contributed by atoms with E-state index in [0.717, 1.165) is 37.0 Å². The number of piperidine rings is 1. The normalized spacial score (nSPS) is 37.3. The van der Waals surface area contributed by atoms with E-state index >= 15 is 0 Å². The molecule has 0 aromatic heterocycles. The average Bonchev–Trinajstić information content (AvgIpc) is 3.25. The number of anilines is 1. The van der Waals surface area contributed by atoms with Crippen molar-refractivity contribution in [2.24, 2.45) is 34.5 Å². The Labute approximate surface area is 239 Å². The van der Waals surface area contributed by atoms with E-state index in [-0.39, 0.29) is 21.8 Å². The number of fused-ring (bicyclic) bond motifs is 5. The number of benzene rings is 2. The highest BCUT2D eigenvalue weighted by atomic mass is 32.2. The molecule has 4 aliphatic rings. The molecule has 1 heterocycles. The summed E-state index contributed by atoms with van der Waals surface area (Å²) < 4.78 is 34.8. The minimum absolute atomic E-state index is 0.164. The smallest absolute Gasteiger partial charge is 0.261 e. The third-order valence-electron chi connectivity index (χ3n) is 11.4. The molecule has 8 atom stereocenters. The number of amides is 1. The molecule has 0 bridgehead atoms. The summed E-state index contributed by atoms with van der Waals surface area (Å²) in [5.41, 5.74) is 2.04. The number of likely N-dealkylation sites (tertiary alicyclic amines) is 1. The van der Waals surface area contributed by atoms with Crippen LogP contribution in [0.15, 0.2) is 53.4 Å². The Morgan fingerprint density at radius 1 is 0.975 bits per heavy atom. The first-order chi connectivity index (χ1) is 18.9. The van der Waals surface area contributed by atoms with Crippen LogP contribution >= 0.6 is 0 Å². The Morgan fingerprint density at radius 3 is 2.38 bits per heavy atom. The van der Waals surface area contributed by atoms with Crippen LogP contribution in [0, 0.1) is 41.4 Å². The van der Waals surface area contributed by atoms with E-state index in [0.29, 0.717) is 47.7 Å². The van der Waals surface area contributed by atoms with Crippen molar-refractivity contribution in [2.45, 2.75) is 89.7 Å². The van der Waals surface area contributed by atoms with Crippen molar-refractivity contribution in [1.29, 1.82) is 0 Å². The van der Waals surface area contributed by atoms with Crippen molar-refractivity contribution < 1.29 is 17.9 Å². The number of hydrogen-bond acceptors (Lipinski definition) is 4. The zero-order valence-corrected chi connectivity index (χ0v) is 25.3. The predicted molar refractivity (Wildman–Crippen MR) is 158 cm³/mol. The number of ether oxygens (including phenoxy) is 1. The maximum Gasteiger partial charge on any atom is 0.261 e.